The number of hydrogen-bond donors (Lipinski definition) is 1. The van der Waals surface area contributed by atoms with Gasteiger partial charge in [0.2, 0.25) is 0 Å². The smallest absolute Gasteiger partial charge is 0.137 e. The minimum atomic E-state index is 0.256. The zero-order valence-electron chi connectivity index (χ0n) is 12.7. The number of aliphatic hydroxyl groups excluding tert-OH is 1. The lowest BCUT2D eigenvalue weighted by molar-refractivity contribution is 0.104. The lowest BCUT2D eigenvalue weighted by Crippen LogP contribution is -2.39. The Bertz CT molecular complexity index is 671. The van der Waals surface area contributed by atoms with Gasteiger partial charge in [-0.2, -0.15) is 0 Å². The zero-order valence-corrected chi connectivity index (χ0v) is 13.4. The molecule has 0 radical (unpaired) electrons. The van der Waals surface area contributed by atoms with Crippen LogP contribution in [-0.4, -0.2) is 38.1 Å². The summed E-state index contributed by atoms with van der Waals surface area (Å²) in [4.78, 5) is 7.20. The molecule has 118 valence electrons. The Morgan fingerprint density at radius 1 is 1.23 bits per heavy atom. The molecule has 2 aromatic rings. The molecule has 1 N–H and O–H groups in total. The predicted molar refractivity (Wildman–Crippen MR) is 87.0 cm³/mol. The van der Waals surface area contributed by atoms with Crippen LogP contribution < -0.4 is 0 Å². The van der Waals surface area contributed by atoms with Crippen molar-refractivity contribution in [3.8, 4) is 0 Å². The van der Waals surface area contributed by atoms with Gasteiger partial charge in [0.05, 0.1) is 17.3 Å². The number of halogens is 1. The van der Waals surface area contributed by atoms with Gasteiger partial charge < -0.3 is 9.51 Å². The highest BCUT2D eigenvalue weighted by molar-refractivity contribution is 6.30. The molecule has 22 heavy (non-hydrogen) atoms. The van der Waals surface area contributed by atoms with Crippen molar-refractivity contribution in [3.63, 3.8) is 0 Å². The van der Waals surface area contributed by atoms with Crippen molar-refractivity contribution in [2.24, 2.45) is 5.92 Å². The van der Waals surface area contributed by atoms with Crippen LogP contribution in [0, 0.1) is 5.92 Å². The second kappa shape index (κ2) is 5.84. The third kappa shape index (κ3) is 2.53. The monoisotopic (exact) mass is 319 g/mol. The fraction of sp³-hybridized carbons (Fsp3) is 0.588. The Balaban J connectivity index is 1.59. The number of rotatable bonds is 3. The van der Waals surface area contributed by atoms with Crippen LogP contribution in [0.3, 0.4) is 0 Å². The van der Waals surface area contributed by atoms with Gasteiger partial charge in [0.25, 0.3) is 0 Å². The summed E-state index contributed by atoms with van der Waals surface area (Å²) in [5.41, 5.74) is 1.99. The van der Waals surface area contributed by atoms with Crippen LogP contribution >= 0.6 is 11.6 Å². The van der Waals surface area contributed by atoms with E-state index in [1.165, 1.54) is 25.7 Å². The summed E-state index contributed by atoms with van der Waals surface area (Å²) in [5, 5.41) is 10.5. The van der Waals surface area contributed by atoms with Gasteiger partial charge in [-0.25, -0.2) is 4.98 Å². The number of pyridine rings is 1. The molecule has 3 heterocycles. The SMILES string of the molecule is OC[C@@H]1C[C@@H]2CCCC[C@@H]2N1Cc1cn2cc(Cl)ccc2n1. The van der Waals surface area contributed by atoms with Crippen molar-refractivity contribution in [3.05, 3.63) is 35.2 Å². The van der Waals surface area contributed by atoms with Crippen molar-refractivity contribution in [1.82, 2.24) is 14.3 Å². The molecule has 2 fully saturated rings. The molecule has 0 amide bonds. The lowest BCUT2D eigenvalue weighted by Gasteiger charge is -2.33. The van der Waals surface area contributed by atoms with Crippen LogP contribution in [0.1, 0.15) is 37.8 Å². The normalized spacial score (nSPS) is 29.1. The molecule has 4 nitrogen and oxygen atoms in total. The van der Waals surface area contributed by atoms with Gasteiger partial charge >= 0.3 is 0 Å². The summed E-state index contributed by atoms with van der Waals surface area (Å²) in [6.45, 7) is 1.08. The Morgan fingerprint density at radius 3 is 2.95 bits per heavy atom. The van der Waals surface area contributed by atoms with Crippen molar-refractivity contribution in [2.45, 2.75) is 50.7 Å². The number of nitrogens with zero attached hydrogens (tertiary/aromatic N) is 3. The molecule has 4 rings (SSSR count). The number of hydrogen-bond acceptors (Lipinski definition) is 3. The maximum absolute atomic E-state index is 9.75. The predicted octanol–water partition coefficient (Wildman–Crippen LogP) is 3.11. The maximum Gasteiger partial charge on any atom is 0.137 e. The third-order valence-electron chi connectivity index (χ3n) is 5.36. The highest BCUT2D eigenvalue weighted by Crippen LogP contribution is 2.40. The third-order valence-corrected chi connectivity index (χ3v) is 5.58. The van der Waals surface area contributed by atoms with Gasteiger partial charge in [-0.1, -0.05) is 24.4 Å². The summed E-state index contributed by atoms with van der Waals surface area (Å²) in [7, 11) is 0. The van der Waals surface area contributed by atoms with E-state index in [1.54, 1.807) is 0 Å². The number of likely N-dealkylation sites (tertiary alicyclic amines) is 1. The van der Waals surface area contributed by atoms with Crippen molar-refractivity contribution < 1.29 is 5.11 Å². The summed E-state index contributed by atoms with van der Waals surface area (Å²) in [6, 6.07) is 4.74. The van der Waals surface area contributed by atoms with E-state index in [0.29, 0.717) is 12.1 Å². The molecule has 2 aliphatic rings. The molecule has 1 saturated heterocycles. The molecule has 1 aliphatic heterocycles. The van der Waals surface area contributed by atoms with Crippen LogP contribution in [0.2, 0.25) is 5.02 Å². The Hall–Kier alpha value is -1.10. The van der Waals surface area contributed by atoms with Crippen LogP contribution in [0.4, 0.5) is 0 Å². The topological polar surface area (TPSA) is 40.8 Å². The highest BCUT2D eigenvalue weighted by atomic mass is 35.5. The average Bonchev–Trinajstić information content (AvgIpc) is 3.08. The Labute approximate surface area is 135 Å². The minimum Gasteiger partial charge on any atom is -0.395 e. The standard InChI is InChI=1S/C17H22ClN3O/c18-13-5-6-17-19-14(9-20(17)8-13)10-21-15(11-22)7-12-3-1-2-4-16(12)21/h5-6,8-9,12,15-16,22H,1-4,7,10-11H2/t12-,15-,16-/m0/s1. The van der Waals surface area contributed by atoms with E-state index in [0.717, 1.165) is 35.2 Å². The van der Waals surface area contributed by atoms with E-state index in [4.69, 9.17) is 16.6 Å². The van der Waals surface area contributed by atoms with E-state index in [2.05, 4.69) is 11.1 Å². The maximum atomic E-state index is 9.75. The van der Waals surface area contributed by atoms with Gasteiger partial charge in [-0.15, -0.1) is 0 Å². The summed E-state index contributed by atoms with van der Waals surface area (Å²) < 4.78 is 1.99. The van der Waals surface area contributed by atoms with E-state index < -0.39 is 0 Å². The molecule has 0 bridgehead atoms. The number of aliphatic hydroxyl groups is 1. The number of aromatic nitrogens is 2. The zero-order chi connectivity index (χ0) is 15.1. The quantitative estimate of drug-likeness (QED) is 0.945. The van der Waals surface area contributed by atoms with E-state index in [1.807, 2.05) is 22.7 Å². The molecule has 2 aromatic heterocycles. The average molecular weight is 320 g/mol. The number of imidazole rings is 1. The molecule has 1 aliphatic carbocycles. The first-order valence-electron chi connectivity index (χ1n) is 8.24. The molecule has 0 aromatic carbocycles. The minimum absolute atomic E-state index is 0.256. The fourth-order valence-corrected chi connectivity index (χ4v) is 4.53. The lowest BCUT2D eigenvalue weighted by atomic mass is 9.85. The highest BCUT2D eigenvalue weighted by Gasteiger charge is 2.41. The molecule has 3 atom stereocenters. The first-order valence-corrected chi connectivity index (χ1v) is 8.62. The largest absolute Gasteiger partial charge is 0.395 e. The molecule has 0 unspecified atom stereocenters. The van der Waals surface area contributed by atoms with Crippen LogP contribution in [-0.2, 0) is 6.54 Å². The van der Waals surface area contributed by atoms with Gasteiger partial charge in [0.15, 0.2) is 0 Å². The Morgan fingerprint density at radius 2 is 2.09 bits per heavy atom. The second-order valence-corrected chi connectivity index (χ2v) is 7.14. The fourth-order valence-electron chi connectivity index (χ4n) is 4.36. The summed E-state index contributed by atoms with van der Waals surface area (Å²) in [6.07, 6.45) is 10.3. The van der Waals surface area contributed by atoms with Crippen molar-refractivity contribution >= 4 is 17.2 Å². The van der Waals surface area contributed by atoms with Gasteiger partial charge in [0, 0.05) is 31.0 Å². The van der Waals surface area contributed by atoms with Gasteiger partial charge in [-0.05, 0) is 37.3 Å². The van der Waals surface area contributed by atoms with Crippen molar-refractivity contribution in [2.75, 3.05) is 6.61 Å². The molecule has 5 heteroatoms. The van der Waals surface area contributed by atoms with Crippen molar-refractivity contribution in [1.29, 1.82) is 0 Å². The van der Waals surface area contributed by atoms with Crippen LogP contribution in [0.25, 0.3) is 5.65 Å². The van der Waals surface area contributed by atoms with Gasteiger partial charge in [-0.3, -0.25) is 4.90 Å². The summed E-state index contributed by atoms with van der Waals surface area (Å²) >= 11 is 6.04. The van der Waals surface area contributed by atoms with Crippen LogP contribution in [0.5, 0.6) is 0 Å². The molecular formula is C17H22ClN3O. The molecule has 0 spiro atoms. The van der Waals surface area contributed by atoms with E-state index in [-0.39, 0.29) is 6.61 Å². The first kappa shape index (κ1) is 14.5. The van der Waals surface area contributed by atoms with Gasteiger partial charge in [0.1, 0.15) is 5.65 Å². The first-order chi connectivity index (χ1) is 10.7. The van der Waals surface area contributed by atoms with E-state index >= 15 is 0 Å². The number of fused-ring (bicyclic) bond motifs is 2. The molecular weight excluding hydrogens is 298 g/mol. The summed E-state index contributed by atoms with van der Waals surface area (Å²) in [5.74, 6) is 0.761. The second-order valence-electron chi connectivity index (χ2n) is 6.70. The Kier molecular flexibility index (Phi) is 3.84. The van der Waals surface area contributed by atoms with E-state index in [9.17, 15) is 5.11 Å². The molecule has 1 saturated carbocycles. The van der Waals surface area contributed by atoms with Crippen LogP contribution in [0.15, 0.2) is 24.5 Å².